The van der Waals surface area contributed by atoms with Crippen molar-refractivity contribution < 1.29 is 9.59 Å². The van der Waals surface area contributed by atoms with Crippen molar-refractivity contribution in [1.29, 1.82) is 0 Å². The van der Waals surface area contributed by atoms with Gasteiger partial charge in [-0.15, -0.1) is 0 Å². The molecule has 2 aliphatic heterocycles. The lowest BCUT2D eigenvalue weighted by Crippen LogP contribution is -2.58. The maximum atomic E-state index is 12.7. The van der Waals surface area contributed by atoms with Gasteiger partial charge in [0.15, 0.2) is 0 Å². The van der Waals surface area contributed by atoms with Gasteiger partial charge in [-0.25, -0.2) is 0 Å². The molecular weight excluding hydrogens is 266 g/mol. The summed E-state index contributed by atoms with van der Waals surface area (Å²) in [7, 11) is 0. The smallest absolute Gasteiger partial charge is 0.240 e. The average Bonchev–Trinajstić information content (AvgIpc) is 2.46. The molecule has 2 aliphatic rings. The minimum Gasteiger partial charge on any atom is -0.356 e. The molecule has 0 aliphatic carbocycles. The van der Waals surface area contributed by atoms with E-state index in [0.29, 0.717) is 19.6 Å². The summed E-state index contributed by atoms with van der Waals surface area (Å²) in [6, 6.07) is -0.0766. The maximum absolute atomic E-state index is 12.7. The van der Waals surface area contributed by atoms with Gasteiger partial charge < -0.3 is 15.5 Å². The fourth-order valence-corrected chi connectivity index (χ4v) is 3.50. The third kappa shape index (κ3) is 3.76. The topological polar surface area (TPSA) is 61.4 Å². The molecule has 120 valence electrons. The van der Waals surface area contributed by atoms with Crippen LogP contribution in [0.4, 0.5) is 0 Å². The molecule has 5 heteroatoms. The average molecular weight is 295 g/mol. The van der Waals surface area contributed by atoms with Crippen LogP contribution in [0.25, 0.3) is 0 Å². The zero-order valence-electron chi connectivity index (χ0n) is 13.6. The first-order chi connectivity index (χ1) is 9.95. The lowest BCUT2D eigenvalue weighted by molar-refractivity contribution is -0.140. The molecule has 1 unspecified atom stereocenters. The molecule has 2 rings (SSSR count). The molecule has 2 heterocycles. The van der Waals surface area contributed by atoms with Crippen LogP contribution in [0.15, 0.2) is 0 Å². The quantitative estimate of drug-likeness (QED) is 0.821. The zero-order chi connectivity index (χ0) is 15.5. The Labute approximate surface area is 127 Å². The summed E-state index contributed by atoms with van der Waals surface area (Å²) in [6.45, 7) is 9.29. The second kappa shape index (κ2) is 6.77. The Morgan fingerprint density at radius 1 is 1.29 bits per heavy atom. The van der Waals surface area contributed by atoms with Gasteiger partial charge in [0.05, 0.1) is 6.04 Å². The van der Waals surface area contributed by atoms with E-state index in [-0.39, 0.29) is 29.2 Å². The molecule has 0 aromatic heterocycles. The van der Waals surface area contributed by atoms with Crippen molar-refractivity contribution in [2.75, 3.05) is 26.2 Å². The summed E-state index contributed by atoms with van der Waals surface area (Å²) in [5.41, 5.74) is 0.0196. The van der Waals surface area contributed by atoms with Crippen LogP contribution in [0.3, 0.4) is 0 Å². The van der Waals surface area contributed by atoms with Crippen LogP contribution in [0.1, 0.15) is 46.5 Å². The van der Waals surface area contributed by atoms with E-state index in [1.165, 1.54) is 0 Å². The van der Waals surface area contributed by atoms with Crippen LogP contribution in [0.5, 0.6) is 0 Å². The minimum atomic E-state index is -0.0766. The molecule has 0 radical (unpaired) electrons. The van der Waals surface area contributed by atoms with E-state index in [1.807, 2.05) is 11.8 Å². The van der Waals surface area contributed by atoms with Crippen molar-refractivity contribution in [1.82, 2.24) is 15.5 Å². The van der Waals surface area contributed by atoms with Crippen LogP contribution in [0, 0.1) is 11.3 Å². The van der Waals surface area contributed by atoms with E-state index >= 15 is 0 Å². The predicted molar refractivity (Wildman–Crippen MR) is 82.8 cm³/mol. The Morgan fingerprint density at radius 2 is 1.95 bits per heavy atom. The zero-order valence-corrected chi connectivity index (χ0v) is 13.6. The van der Waals surface area contributed by atoms with E-state index in [1.54, 1.807) is 0 Å². The van der Waals surface area contributed by atoms with E-state index in [4.69, 9.17) is 0 Å². The molecule has 0 bridgehead atoms. The van der Waals surface area contributed by atoms with Crippen LogP contribution in [0.2, 0.25) is 0 Å². The second-order valence-corrected chi connectivity index (χ2v) is 6.97. The molecule has 21 heavy (non-hydrogen) atoms. The number of nitrogens with one attached hydrogen (secondary N) is 2. The highest BCUT2D eigenvalue weighted by Gasteiger charge is 2.40. The lowest BCUT2D eigenvalue weighted by Gasteiger charge is -2.42. The summed E-state index contributed by atoms with van der Waals surface area (Å²) >= 11 is 0. The van der Waals surface area contributed by atoms with Crippen molar-refractivity contribution >= 4 is 11.8 Å². The van der Waals surface area contributed by atoms with E-state index in [9.17, 15) is 9.59 Å². The van der Waals surface area contributed by atoms with E-state index in [0.717, 1.165) is 32.2 Å². The lowest BCUT2D eigenvalue weighted by atomic mass is 9.76. The van der Waals surface area contributed by atoms with Crippen LogP contribution >= 0.6 is 0 Å². The maximum Gasteiger partial charge on any atom is 0.240 e. The molecule has 2 amide bonds. The number of amides is 2. The molecule has 2 N–H and O–H groups in total. The Morgan fingerprint density at radius 3 is 2.52 bits per heavy atom. The highest BCUT2D eigenvalue weighted by atomic mass is 16.2. The molecular formula is C16H29N3O2. The summed E-state index contributed by atoms with van der Waals surface area (Å²) < 4.78 is 0. The Hall–Kier alpha value is -1.10. The molecule has 0 aromatic carbocycles. The third-order valence-corrected chi connectivity index (χ3v) is 4.90. The normalized spacial score (nSPS) is 26.4. The molecule has 0 saturated carbocycles. The van der Waals surface area contributed by atoms with Gasteiger partial charge in [-0.3, -0.25) is 9.59 Å². The number of hydrogen-bond donors (Lipinski definition) is 2. The number of carbonyl (C=O) groups excluding carboxylic acids is 2. The van der Waals surface area contributed by atoms with Gasteiger partial charge in [-0.2, -0.15) is 0 Å². The first-order valence-corrected chi connectivity index (χ1v) is 8.25. The summed E-state index contributed by atoms with van der Waals surface area (Å²) in [6.07, 6.45) is 3.79. The number of rotatable bonds is 3. The number of piperidine rings is 2. The number of likely N-dealkylation sites (tertiary alicyclic amines) is 1. The minimum absolute atomic E-state index is 0.0196. The SMILES string of the molecule is CCNC(=O)C1CCN(C(=O)C2NCCCC2(C)C)CC1. The van der Waals surface area contributed by atoms with Crippen LogP contribution in [-0.2, 0) is 9.59 Å². The van der Waals surface area contributed by atoms with Gasteiger partial charge in [-0.05, 0) is 44.6 Å². The third-order valence-electron chi connectivity index (χ3n) is 4.90. The van der Waals surface area contributed by atoms with Crippen LogP contribution in [-0.4, -0.2) is 48.9 Å². The number of carbonyl (C=O) groups is 2. The first kappa shape index (κ1) is 16.3. The monoisotopic (exact) mass is 295 g/mol. The number of hydrogen-bond acceptors (Lipinski definition) is 3. The Balaban J connectivity index is 1.89. The van der Waals surface area contributed by atoms with E-state index in [2.05, 4.69) is 24.5 Å². The molecule has 2 fully saturated rings. The summed E-state index contributed by atoms with van der Waals surface area (Å²) in [4.78, 5) is 26.5. The van der Waals surface area contributed by atoms with Gasteiger partial charge in [0.2, 0.25) is 11.8 Å². The fraction of sp³-hybridized carbons (Fsp3) is 0.875. The van der Waals surface area contributed by atoms with Gasteiger partial charge in [0, 0.05) is 25.6 Å². The van der Waals surface area contributed by atoms with Crippen molar-refractivity contribution in [3.63, 3.8) is 0 Å². The first-order valence-electron chi connectivity index (χ1n) is 8.25. The Kier molecular flexibility index (Phi) is 5.25. The molecule has 0 aromatic rings. The Bertz CT molecular complexity index is 387. The highest BCUT2D eigenvalue weighted by Crippen LogP contribution is 2.32. The fourth-order valence-electron chi connectivity index (χ4n) is 3.50. The van der Waals surface area contributed by atoms with Crippen LogP contribution < -0.4 is 10.6 Å². The van der Waals surface area contributed by atoms with Gasteiger partial charge in [0.25, 0.3) is 0 Å². The second-order valence-electron chi connectivity index (χ2n) is 6.97. The molecule has 5 nitrogen and oxygen atoms in total. The van der Waals surface area contributed by atoms with Gasteiger partial charge in [-0.1, -0.05) is 13.8 Å². The standard InChI is InChI=1S/C16H29N3O2/c1-4-17-14(20)12-6-10-19(11-7-12)15(21)13-16(2,3)8-5-9-18-13/h12-13,18H,4-11H2,1-3H3,(H,17,20). The largest absolute Gasteiger partial charge is 0.356 e. The molecule has 0 spiro atoms. The number of nitrogens with zero attached hydrogens (tertiary/aromatic N) is 1. The van der Waals surface area contributed by atoms with Crippen molar-refractivity contribution in [2.45, 2.75) is 52.5 Å². The molecule has 2 saturated heterocycles. The van der Waals surface area contributed by atoms with Gasteiger partial charge in [0.1, 0.15) is 0 Å². The van der Waals surface area contributed by atoms with Crippen molar-refractivity contribution in [3.8, 4) is 0 Å². The van der Waals surface area contributed by atoms with Crippen molar-refractivity contribution in [2.24, 2.45) is 11.3 Å². The predicted octanol–water partition coefficient (Wildman–Crippen LogP) is 1.14. The summed E-state index contributed by atoms with van der Waals surface area (Å²) in [5.74, 6) is 0.427. The van der Waals surface area contributed by atoms with Gasteiger partial charge >= 0.3 is 0 Å². The summed E-state index contributed by atoms with van der Waals surface area (Å²) in [5, 5.41) is 6.27. The molecule has 1 atom stereocenters. The van der Waals surface area contributed by atoms with E-state index < -0.39 is 0 Å². The van der Waals surface area contributed by atoms with Crippen molar-refractivity contribution in [3.05, 3.63) is 0 Å². The highest BCUT2D eigenvalue weighted by molar-refractivity contribution is 5.84.